The van der Waals surface area contributed by atoms with E-state index in [2.05, 4.69) is 5.32 Å². The van der Waals surface area contributed by atoms with Gasteiger partial charge in [-0.1, -0.05) is 30.3 Å². The maximum atomic E-state index is 12.3. The van der Waals surface area contributed by atoms with Crippen molar-refractivity contribution in [3.05, 3.63) is 84.5 Å². The third-order valence-corrected chi connectivity index (χ3v) is 4.77. The van der Waals surface area contributed by atoms with E-state index in [1.807, 2.05) is 55.5 Å². The SMILES string of the molecule is COc1cc2occ(-c3ccccc3)c2cc1/C(C)=C/C(=O)NCc1ccco1. The number of methoxy groups -OCH3 is 1. The molecule has 4 aromatic rings. The van der Waals surface area contributed by atoms with Gasteiger partial charge in [0.15, 0.2) is 0 Å². The molecule has 0 fully saturated rings. The Hall–Kier alpha value is -3.73. The van der Waals surface area contributed by atoms with Gasteiger partial charge in [0, 0.05) is 28.7 Å². The van der Waals surface area contributed by atoms with E-state index in [0.29, 0.717) is 18.1 Å². The van der Waals surface area contributed by atoms with Crippen LogP contribution in [-0.2, 0) is 11.3 Å². The number of amides is 1. The molecule has 2 aromatic carbocycles. The van der Waals surface area contributed by atoms with Crippen LogP contribution in [0.2, 0.25) is 0 Å². The molecular weight excluding hydrogens is 366 g/mol. The van der Waals surface area contributed by atoms with Crippen LogP contribution < -0.4 is 10.1 Å². The molecule has 0 aliphatic heterocycles. The highest BCUT2D eigenvalue weighted by atomic mass is 16.5. The van der Waals surface area contributed by atoms with Crippen molar-refractivity contribution in [2.45, 2.75) is 13.5 Å². The highest BCUT2D eigenvalue weighted by Gasteiger charge is 2.15. The molecular formula is C24H21NO4. The lowest BCUT2D eigenvalue weighted by atomic mass is 9.99. The number of carbonyl (C=O) groups is 1. The molecule has 0 unspecified atom stereocenters. The second-order valence-electron chi connectivity index (χ2n) is 6.69. The number of allylic oxidation sites excluding steroid dienone is 1. The Morgan fingerprint density at radius 1 is 1.10 bits per heavy atom. The lowest BCUT2D eigenvalue weighted by Crippen LogP contribution is -2.20. The molecule has 2 aromatic heterocycles. The van der Waals surface area contributed by atoms with Crippen LogP contribution in [0.4, 0.5) is 0 Å². The van der Waals surface area contributed by atoms with Crippen LogP contribution in [0.1, 0.15) is 18.2 Å². The van der Waals surface area contributed by atoms with Gasteiger partial charge >= 0.3 is 0 Å². The van der Waals surface area contributed by atoms with Gasteiger partial charge in [-0.2, -0.15) is 0 Å². The molecule has 0 atom stereocenters. The zero-order valence-electron chi connectivity index (χ0n) is 16.3. The monoisotopic (exact) mass is 387 g/mol. The predicted molar refractivity (Wildman–Crippen MR) is 112 cm³/mol. The minimum atomic E-state index is -0.198. The Kier molecular flexibility index (Phi) is 5.20. The van der Waals surface area contributed by atoms with E-state index in [-0.39, 0.29) is 5.91 Å². The molecule has 29 heavy (non-hydrogen) atoms. The highest BCUT2D eigenvalue weighted by molar-refractivity contribution is 6.00. The topological polar surface area (TPSA) is 64.6 Å². The minimum Gasteiger partial charge on any atom is -0.496 e. The van der Waals surface area contributed by atoms with E-state index < -0.39 is 0 Å². The summed E-state index contributed by atoms with van der Waals surface area (Å²) in [7, 11) is 1.61. The minimum absolute atomic E-state index is 0.198. The first-order chi connectivity index (χ1) is 14.2. The van der Waals surface area contributed by atoms with E-state index in [1.165, 1.54) is 0 Å². The predicted octanol–water partition coefficient (Wildman–Crippen LogP) is 5.42. The van der Waals surface area contributed by atoms with Gasteiger partial charge in [-0.25, -0.2) is 0 Å². The van der Waals surface area contributed by atoms with Crippen molar-refractivity contribution in [1.29, 1.82) is 0 Å². The molecule has 1 amide bonds. The summed E-state index contributed by atoms with van der Waals surface area (Å²) < 4.78 is 16.5. The average molecular weight is 387 g/mol. The Morgan fingerprint density at radius 3 is 2.66 bits per heavy atom. The molecule has 0 saturated heterocycles. The molecule has 2 heterocycles. The number of hydrogen-bond acceptors (Lipinski definition) is 4. The highest BCUT2D eigenvalue weighted by Crippen LogP contribution is 2.37. The second kappa shape index (κ2) is 8.10. The number of carbonyl (C=O) groups excluding carboxylic acids is 1. The molecule has 0 saturated carbocycles. The van der Waals surface area contributed by atoms with Crippen LogP contribution in [0.25, 0.3) is 27.7 Å². The number of rotatable bonds is 6. The Labute approximate surface area is 168 Å². The molecule has 0 bridgehead atoms. The largest absolute Gasteiger partial charge is 0.496 e. The molecule has 0 radical (unpaired) electrons. The number of benzene rings is 2. The van der Waals surface area contributed by atoms with Gasteiger partial charge in [-0.05, 0) is 36.3 Å². The molecule has 5 heteroatoms. The maximum Gasteiger partial charge on any atom is 0.244 e. The molecule has 4 rings (SSSR count). The zero-order chi connectivity index (χ0) is 20.2. The van der Waals surface area contributed by atoms with Crippen molar-refractivity contribution in [1.82, 2.24) is 5.32 Å². The second-order valence-corrected chi connectivity index (χ2v) is 6.69. The van der Waals surface area contributed by atoms with Gasteiger partial charge in [0.1, 0.15) is 17.1 Å². The number of furan rings is 2. The van der Waals surface area contributed by atoms with Crippen LogP contribution in [0.5, 0.6) is 5.75 Å². The fourth-order valence-corrected chi connectivity index (χ4v) is 3.29. The summed E-state index contributed by atoms with van der Waals surface area (Å²) in [6.45, 7) is 2.23. The summed E-state index contributed by atoms with van der Waals surface area (Å²) in [6.07, 6.45) is 4.89. The summed E-state index contributed by atoms with van der Waals surface area (Å²) in [5, 5.41) is 3.79. The molecule has 0 aliphatic carbocycles. The number of nitrogens with one attached hydrogen (secondary N) is 1. The Bertz CT molecular complexity index is 1150. The molecule has 0 spiro atoms. The van der Waals surface area contributed by atoms with Crippen molar-refractivity contribution < 1.29 is 18.4 Å². The van der Waals surface area contributed by atoms with Crippen molar-refractivity contribution in [3.8, 4) is 16.9 Å². The summed E-state index contributed by atoms with van der Waals surface area (Å²) >= 11 is 0. The Morgan fingerprint density at radius 2 is 1.93 bits per heavy atom. The van der Waals surface area contributed by atoms with Crippen LogP contribution in [-0.4, -0.2) is 13.0 Å². The Balaban J connectivity index is 1.67. The van der Waals surface area contributed by atoms with Crippen LogP contribution in [0.3, 0.4) is 0 Å². The quantitative estimate of drug-likeness (QED) is 0.449. The molecule has 146 valence electrons. The van der Waals surface area contributed by atoms with Gasteiger partial charge < -0.3 is 18.9 Å². The fourth-order valence-electron chi connectivity index (χ4n) is 3.29. The molecule has 0 aliphatic rings. The van der Waals surface area contributed by atoms with E-state index in [9.17, 15) is 4.79 Å². The maximum absolute atomic E-state index is 12.3. The first-order valence-electron chi connectivity index (χ1n) is 9.29. The van der Waals surface area contributed by atoms with Crippen LogP contribution in [0.15, 0.2) is 82.0 Å². The lowest BCUT2D eigenvalue weighted by molar-refractivity contribution is -0.116. The third kappa shape index (κ3) is 3.94. The van der Waals surface area contributed by atoms with Gasteiger partial charge in [-0.3, -0.25) is 4.79 Å². The van der Waals surface area contributed by atoms with Gasteiger partial charge in [0.25, 0.3) is 0 Å². The summed E-state index contributed by atoms with van der Waals surface area (Å²) in [5.74, 6) is 1.16. The number of fused-ring (bicyclic) bond motifs is 1. The molecule has 5 nitrogen and oxygen atoms in total. The normalized spacial score (nSPS) is 11.6. The number of hydrogen-bond donors (Lipinski definition) is 1. The van der Waals surface area contributed by atoms with E-state index in [1.54, 1.807) is 31.8 Å². The average Bonchev–Trinajstić information content (AvgIpc) is 3.41. The van der Waals surface area contributed by atoms with Gasteiger partial charge in [0.05, 0.1) is 26.2 Å². The first-order valence-corrected chi connectivity index (χ1v) is 9.29. The van der Waals surface area contributed by atoms with Gasteiger partial charge in [0.2, 0.25) is 5.91 Å². The van der Waals surface area contributed by atoms with Crippen molar-refractivity contribution in [2.75, 3.05) is 7.11 Å². The fraction of sp³-hybridized carbons (Fsp3) is 0.125. The van der Waals surface area contributed by atoms with Crippen LogP contribution >= 0.6 is 0 Å². The van der Waals surface area contributed by atoms with E-state index >= 15 is 0 Å². The summed E-state index contributed by atoms with van der Waals surface area (Å²) in [4.78, 5) is 12.3. The zero-order valence-corrected chi connectivity index (χ0v) is 16.3. The van der Waals surface area contributed by atoms with Crippen molar-refractivity contribution in [2.24, 2.45) is 0 Å². The van der Waals surface area contributed by atoms with Crippen LogP contribution in [0, 0.1) is 0 Å². The first kappa shape index (κ1) is 18.6. The number of ether oxygens (including phenoxy) is 1. The third-order valence-electron chi connectivity index (χ3n) is 4.77. The summed E-state index contributed by atoms with van der Waals surface area (Å²) in [5.41, 5.74) is 4.44. The smallest absolute Gasteiger partial charge is 0.244 e. The van der Waals surface area contributed by atoms with Crippen molar-refractivity contribution >= 4 is 22.4 Å². The standard InChI is InChI=1S/C24H21NO4/c1-16(11-24(26)25-14-18-9-6-10-28-18)19-12-20-21(17-7-4-3-5-8-17)15-29-23(20)13-22(19)27-2/h3-13,15H,14H2,1-2H3,(H,25,26)/b16-11+. The van der Waals surface area contributed by atoms with E-state index in [4.69, 9.17) is 13.6 Å². The molecule has 1 N–H and O–H groups in total. The van der Waals surface area contributed by atoms with E-state index in [0.717, 1.165) is 33.2 Å². The lowest BCUT2D eigenvalue weighted by Gasteiger charge is -2.10. The van der Waals surface area contributed by atoms with Gasteiger partial charge in [-0.15, -0.1) is 0 Å². The summed E-state index contributed by atoms with van der Waals surface area (Å²) in [6, 6.07) is 17.5. The van der Waals surface area contributed by atoms with Crippen molar-refractivity contribution in [3.63, 3.8) is 0 Å².